The first kappa shape index (κ1) is 16.4. The van der Waals surface area contributed by atoms with Crippen molar-refractivity contribution in [3.05, 3.63) is 34.6 Å². The molecule has 0 atom stereocenters. The molecule has 0 saturated heterocycles. The summed E-state index contributed by atoms with van der Waals surface area (Å²) < 4.78 is 0. The molecule has 0 aromatic carbocycles. The monoisotopic (exact) mass is 349 g/mol. The standard InChI is InChI=1S/C23H31N3/c1-4-16-8-20(24-12-16)22-15(3)14(2)21(26-22)13-25-23-9-17-5-18(10-23)7-19(6-17)11-23/h8,12-13,17-19,24,26H,4-7,9-11H2,1-3H3. The minimum Gasteiger partial charge on any atom is -0.360 e. The van der Waals surface area contributed by atoms with Gasteiger partial charge in [-0.3, -0.25) is 4.99 Å². The van der Waals surface area contributed by atoms with Gasteiger partial charge in [-0.1, -0.05) is 6.92 Å². The molecule has 0 aliphatic heterocycles. The van der Waals surface area contributed by atoms with Gasteiger partial charge in [-0.25, -0.2) is 0 Å². The molecule has 0 radical (unpaired) electrons. The predicted molar refractivity (Wildman–Crippen MR) is 108 cm³/mol. The van der Waals surface area contributed by atoms with E-state index in [2.05, 4.69) is 49.2 Å². The summed E-state index contributed by atoms with van der Waals surface area (Å²) in [5, 5.41) is 0. The number of hydrogen-bond donors (Lipinski definition) is 2. The Morgan fingerprint density at radius 2 is 1.73 bits per heavy atom. The van der Waals surface area contributed by atoms with Gasteiger partial charge in [-0.05, 0) is 99.3 Å². The van der Waals surface area contributed by atoms with Crippen LogP contribution in [0.15, 0.2) is 17.3 Å². The molecule has 26 heavy (non-hydrogen) atoms. The molecule has 0 amide bonds. The van der Waals surface area contributed by atoms with Crippen molar-refractivity contribution >= 4 is 6.21 Å². The SMILES string of the molecule is CCc1c[nH]c(-c2[nH]c(C=NC34CC5CC(CC(C5)C3)C4)c(C)c2C)c1. The van der Waals surface area contributed by atoms with Crippen LogP contribution in [-0.2, 0) is 6.42 Å². The maximum absolute atomic E-state index is 5.25. The smallest absolute Gasteiger partial charge is 0.0657 e. The highest BCUT2D eigenvalue weighted by atomic mass is 14.9. The van der Waals surface area contributed by atoms with Crippen LogP contribution in [0.3, 0.4) is 0 Å². The molecule has 4 saturated carbocycles. The zero-order chi connectivity index (χ0) is 17.9. The molecule has 3 heteroatoms. The summed E-state index contributed by atoms with van der Waals surface area (Å²) in [6.07, 6.45) is 13.8. The minimum absolute atomic E-state index is 0.252. The molecule has 2 heterocycles. The Morgan fingerprint density at radius 1 is 1.08 bits per heavy atom. The topological polar surface area (TPSA) is 43.9 Å². The van der Waals surface area contributed by atoms with Gasteiger partial charge >= 0.3 is 0 Å². The molecular formula is C23H31N3. The van der Waals surface area contributed by atoms with Crippen molar-refractivity contribution in [2.24, 2.45) is 22.7 Å². The van der Waals surface area contributed by atoms with E-state index in [0.29, 0.717) is 0 Å². The van der Waals surface area contributed by atoms with Crippen LogP contribution in [0.25, 0.3) is 11.4 Å². The summed E-state index contributed by atoms with van der Waals surface area (Å²) in [6, 6.07) is 2.26. The Kier molecular flexibility index (Phi) is 3.70. The number of aryl methyl sites for hydroxylation is 1. The predicted octanol–water partition coefficient (Wildman–Crippen LogP) is 5.58. The van der Waals surface area contributed by atoms with Gasteiger partial charge in [0, 0.05) is 12.4 Å². The van der Waals surface area contributed by atoms with Crippen LogP contribution < -0.4 is 0 Å². The molecule has 6 rings (SSSR count). The normalized spacial score (nSPS) is 32.8. The van der Waals surface area contributed by atoms with E-state index in [1.165, 1.54) is 72.3 Å². The van der Waals surface area contributed by atoms with E-state index >= 15 is 0 Å². The Bertz CT molecular complexity index is 816. The molecule has 2 aromatic heterocycles. The molecule has 3 nitrogen and oxygen atoms in total. The highest BCUT2D eigenvalue weighted by Crippen LogP contribution is 2.57. The Balaban J connectivity index is 1.44. The maximum Gasteiger partial charge on any atom is 0.0657 e. The maximum atomic E-state index is 5.25. The van der Waals surface area contributed by atoms with Crippen LogP contribution in [0.1, 0.15) is 67.8 Å². The summed E-state index contributed by atoms with van der Waals surface area (Å²) in [7, 11) is 0. The molecule has 138 valence electrons. The third-order valence-corrected chi connectivity index (χ3v) is 7.49. The molecule has 0 spiro atoms. The second kappa shape index (κ2) is 5.87. The number of H-pyrrole nitrogens is 2. The molecule has 4 bridgehead atoms. The average molecular weight is 350 g/mol. The highest BCUT2D eigenvalue weighted by molar-refractivity contribution is 5.83. The third-order valence-electron chi connectivity index (χ3n) is 7.49. The number of rotatable bonds is 4. The zero-order valence-corrected chi connectivity index (χ0v) is 16.4. The van der Waals surface area contributed by atoms with Crippen molar-refractivity contribution < 1.29 is 0 Å². The first-order valence-electron chi connectivity index (χ1n) is 10.5. The van der Waals surface area contributed by atoms with Gasteiger partial charge in [0.2, 0.25) is 0 Å². The van der Waals surface area contributed by atoms with Crippen LogP contribution >= 0.6 is 0 Å². The van der Waals surface area contributed by atoms with Crippen molar-refractivity contribution in [2.75, 3.05) is 0 Å². The molecular weight excluding hydrogens is 318 g/mol. The van der Waals surface area contributed by atoms with E-state index in [1.807, 2.05) is 0 Å². The quantitative estimate of drug-likeness (QED) is 0.677. The number of aliphatic imine (C=N–C) groups is 1. The van der Waals surface area contributed by atoms with Gasteiger partial charge < -0.3 is 9.97 Å². The van der Waals surface area contributed by atoms with Gasteiger partial charge in [0.1, 0.15) is 0 Å². The Hall–Kier alpha value is -1.77. The van der Waals surface area contributed by atoms with E-state index in [4.69, 9.17) is 4.99 Å². The van der Waals surface area contributed by atoms with Crippen molar-refractivity contribution in [1.82, 2.24) is 9.97 Å². The Morgan fingerprint density at radius 3 is 2.31 bits per heavy atom. The van der Waals surface area contributed by atoms with Crippen LogP contribution in [-0.4, -0.2) is 21.7 Å². The highest BCUT2D eigenvalue weighted by Gasteiger charge is 2.50. The second-order valence-electron chi connectivity index (χ2n) is 9.34. The fourth-order valence-electron chi connectivity index (χ4n) is 6.32. The van der Waals surface area contributed by atoms with Gasteiger partial charge in [-0.15, -0.1) is 0 Å². The van der Waals surface area contributed by atoms with Gasteiger partial charge in [0.15, 0.2) is 0 Å². The van der Waals surface area contributed by atoms with E-state index in [0.717, 1.165) is 24.2 Å². The lowest BCUT2D eigenvalue weighted by atomic mass is 9.53. The van der Waals surface area contributed by atoms with Gasteiger partial charge in [0.05, 0.1) is 22.6 Å². The fraction of sp³-hybridized carbons (Fsp3) is 0.609. The third kappa shape index (κ3) is 2.59. The van der Waals surface area contributed by atoms with E-state index < -0.39 is 0 Å². The van der Waals surface area contributed by atoms with Crippen molar-refractivity contribution in [3.63, 3.8) is 0 Å². The molecule has 4 fully saturated rings. The molecule has 0 unspecified atom stereocenters. The van der Waals surface area contributed by atoms with E-state index in [1.54, 1.807) is 0 Å². The largest absolute Gasteiger partial charge is 0.360 e. The van der Waals surface area contributed by atoms with Gasteiger partial charge in [-0.2, -0.15) is 0 Å². The zero-order valence-electron chi connectivity index (χ0n) is 16.4. The minimum atomic E-state index is 0.252. The van der Waals surface area contributed by atoms with Crippen LogP contribution in [0.5, 0.6) is 0 Å². The summed E-state index contributed by atoms with van der Waals surface area (Å²) in [5.74, 6) is 2.85. The summed E-state index contributed by atoms with van der Waals surface area (Å²) in [6.45, 7) is 6.64. The lowest BCUT2D eigenvalue weighted by molar-refractivity contribution is 0.00194. The fourth-order valence-corrected chi connectivity index (χ4v) is 6.32. The molecule has 2 N–H and O–H groups in total. The van der Waals surface area contributed by atoms with Gasteiger partial charge in [0.25, 0.3) is 0 Å². The van der Waals surface area contributed by atoms with Crippen LogP contribution in [0.2, 0.25) is 0 Å². The summed E-state index contributed by atoms with van der Waals surface area (Å²) in [4.78, 5) is 12.3. The first-order valence-corrected chi connectivity index (χ1v) is 10.5. The van der Waals surface area contributed by atoms with E-state index in [-0.39, 0.29) is 5.54 Å². The van der Waals surface area contributed by atoms with Crippen LogP contribution in [0, 0.1) is 31.6 Å². The number of aromatic nitrogens is 2. The number of nitrogens with zero attached hydrogens (tertiary/aromatic N) is 1. The van der Waals surface area contributed by atoms with E-state index in [9.17, 15) is 0 Å². The molecule has 4 aliphatic rings. The number of aromatic amines is 2. The average Bonchev–Trinajstić information content (AvgIpc) is 3.18. The number of nitrogens with one attached hydrogen (secondary N) is 2. The second-order valence-corrected chi connectivity index (χ2v) is 9.34. The lowest BCUT2D eigenvalue weighted by Gasteiger charge is -2.54. The van der Waals surface area contributed by atoms with Crippen molar-refractivity contribution in [3.8, 4) is 11.4 Å². The van der Waals surface area contributed by atoms with Crippen molar-refractivity contribution in [1.29, 1.82) is 0 Å². The first-order chi connectivity index (χ1) is 12.5. The summed E-state index contributed by atoms with van der Waals surface area (Å²) >= 11 is 0. The molecule has 2 aromatic rings. The number of hydrogen-bond acceptors (Lipinski definition) is 1. The lowest BCUT2D eigenvalue weighted by Crippen LogP contribution is -2.49. The molecule has 4 aliphatic carbocycles. The van der Waals surface area contributed by atoms with Crippen LogP contribution in [0.4, 0.5) is 0 Å². The summed E-state index contributed by atoms with van der Waals surface area (Å²) in [5.41, 5.74) is 7.88. The Labute approximate surface area is 156 Å². The van der Waals surface area contributed by atoms with Crippen molar-refractivity contribution in [2.45, 2.75) is 71.3 Å².